The lowest BCUT2D eigenvalue weighted by Gasteiger charge is -2.18. The number of nitrogens with two attached hydrogens (primary N) is 1. The van der Waals surface area contributed by atoms with Crippen LogP contribution in [-0.2, 0) is 6.54 Å². The van der Waals surface area contributed by atoms with Crippen LogP contribution in [0.15, 0.2) is 18.2 Å². The molecule has 0 aromatic heterocycles. The van der Waals surface area contributed by atoms with Gasteiger partial charge < -0.3 is 5.73 Å². The lowest BCUT2D eigenvalue weighted by molar-refractivity contribution is 0.308. The van der Waals surface area contributed by atoms with Crippen molar-refractivity contribution in [3.05, 3.63) is 35.1 Å². The molecule has 2 atom stereocenters. The Labute approximate surface area is 103 Å². The summed E-state index contributed by atoms with van der Waals surface area (Å²) in [6.07, 6.45) is 1.18. The van der Waals surface area contributed by atoms with Crippen molar-refractivity contribution in [3.8, 4) is 0 Å². The standard InChI is InChI=1S/C14H21FN2/c1-10-7-12(3-4-14(10)15)8-17-6-5-13(9-17)11(2)16/h3-4,7,11,13H,5-6,8-9,16H2,1-2H3. The molecule has 0 bridgehead atoms. The van der Waals surface area contributed by atoms with E-state index in [0.29, 0.717) is 5.92 Å². The second-order valence-corrected chi connectivity index (χ2v) is 5.23. The number of rotatable bonds is 3. The summed E-state index contributed by atoms with van der Waals surface area (Å²) in [5, 5.41) is 0. The van der Waals surface area contributed by atoms with Gasteiger partial charge in [0.05, 0.1) is 0 Å². The van der Waals surface area contributed by atoms with E-state index in [1.54, 1.807) is 6.07 Å². The third kappa shape index (κ3) is 3.05. The average Bonchev–Trinajstić information content (AvgIpc) is 2.72. The highest BCUT2D eigenvalue weighted by molar-refractivity contribution is 5.23. The van der Waals surface area contributed by atoms with Gasteiger partial charge in [0, 0.05) is 19.1 Å². The SMILES string of the molecule is Cc1cc(CN2CCC(C(C)N)C2)ccc1F. The Morgan fingerprint density at radius 2 is 2.29 bits per heavy atom. The molecule has 1 aliphatic rings. The molecule has 1 saturated heterocycles. The number of benzene rings is 1. The molecule has 94 valence electrons. The van der Waals surface area contributed by atoms with Crippen LogP contribution in [0.2, 0.25) is 0 Å². The predicted molar refractivity (Wildman–Crippen MR) is 68.2 cm³/mol. The molecule has 1 aromatic rings. The molecule has 17 heavy (non-hydrogen) atoms. The molecule has 1 heterocycles. The summed E-state index contributed by atoms with van der Waals surface area (Å²) in [7, 11) is 0. The van der Waals surface area contributed by atoms with Gasteiger partial charge in [-0.25, -0.2) is 4.39 Å². The van der Waals surface area contributed by atoms with Crippen molar-refractivity contribution in [2.75, 3.05) is 13.1 Å². The number of hydrogen-bond acceptors (Lipinski definition) is 2. The van der Waals surface area contributed by atoms with Crippen molar-refractivity contribution in [3.63, 3.8) is 0 Å². The van der Waals surface area contributed by atoms with Crippen LogP contribution in [0, 0.1) is 18.7 Å². The third-order valence-electron chi connectivity index (χ3n) is 3.68. The van der Waals surface area contributed by atoms with Crippen molar-refractivity contribution >= 4 is 0 Å². The Balaban J connectivity index is 1.96. The molecule has 2 N–H and O–H groups in total. The van der Waals surface area contributed by atoms with Crippen molar-refractivity contribution in [1.29, 1.82) is 0 Å². The molecule has 0 spiro atoms. The van der Waals surface area contributed by atoms with E-state index in [0.717, 1.165) is 25.2 Å². The number of hydrogen-bond donors (Lipinski definition) is 1. The smallest absolute Gasteiger partial charge is 0.126 e. The maximum atomic E-state index is 13.2. The molecule has 0 aliphatic carbocycles. The molecular formula is C14H21FN2. The maximum absolute atomic E-state index is 13.2. The first-order chi connectivity index (χ1) is 8.06. The highest BCUT2D eigenvalue weighted by atomic mass is 19.1. The molecule has 0 saturated carbocycles. The van der Waals surface area contributed by atoms with Crippen molar-refractivity contribution < 1.29 is 4.39 Å². The van der Waals surface area contributed by atoms with E-state index in [1.807, 2.05) is 19.1 Å². The summed E-state index contributed by atoms with van der Waals surface area (Å²) in [6, 6.07) is 5.65. The van der Waals surface area contributed by atoms with Gasteiger partial charge in [0.25, 0.3) is 0 Å². The molecular weight excluding hydrogens is 215 g/mol. The number of halogens is 1. The van der Waals surface area contributed by atoms with Gasteiger partial charge >= 0.3 is 0 Å². The molecule has 1 fully saturated rings. The highest BCUT2D eigenvalue weighted by Gasteiger charge is 2.24. The summed E-state index contributed by atoms with van der Waals surface area (Å²) < 4.78 is 13.2. The second-order valence-electron chi connectivity index (χ2n) is 5.23. The normalized spacial score (nSPS) is 22.9. The lowest BCUT2D eigenvalue weighted by Crippen LogP contribution is -2.29. The summed E-state index contributed by atoms with van der Waals surface area (Å²) in [4.78, 5) is 2.40. The first kappa shape index (κ1) is 12.5. The van der Waals surface area contributed by atoms with Crippen molar-refractivity contribution in [2.24, 2.45) is 11.7 Å². The van der Waals surface area contributed by atoms with Gasteiger partial charge in [-0.05, 0) is 49.9 Å². The van der Waals surface area contributed by atoms with Gasteiger partial charge in [0.2, 0.25) is 0 Å². The van der Waals surface area contributed by atoms with E-state index in [9.17, 15) is 4.39 Å². The minimum absolute atomic E-state index is 0.122. The molecule has 2 nitrogen and oxygen atoms in total. The molecule has 0 radical (unpaired) electrons. The molecule has 1 aromatic carbocycles. The fourth-order valence-electron chi connectivity index (χ4n) is 2.50. The Morgan fingerprint density at radius 1 is 1.53 bits per heavy atom. The van der Waals surface area contributed by atoms with Crippen LogP contribution < -0.4 is 5.73 Å². The van der Waals surface area contributed by atoms with Crippen molar-refractivity contribution in [1.82, 2.24) is 4.90 Å². The van der Waals surface area contributed by atoms with E-state index >= 15 is 0 Å². The van der Waals surface area contributed by atoms with Crippen LogP contribution in [0.25, 0.3) is 0 Å². The number of aryl methyl sites for hydroxylation is 1. The van der Waals surface area contributed by atoms with E-state index < -0.39 is 0 Å². The first-order valence-corrected chi connectivity index (χ1v) is 6.29. The number of likely N-dealkylation sites (tertiary alicyclic amines) is 1. The van der Waals surface area contributed by atoms with Gasteiger partial charge in [-0.3, -0.25) is 4.90 Å². The molecule has 3 heteroatoms. The fourth-order valence-corrected chi connectivity index (χ4v) is 2.50. The maximum Gasteiger partial charge on any atom is 0.126 e. The van der Waals surface area contributed by atoms with Crippen LogP contribution in [-0.4, -0.2) is 24.0 Å². The largest absolute Gasteiger partial charge is 0.328 e. The summed E-state index contributed by atoms with van der Waals surface area (Å²) >= 11 is 0. The van der Waals surface area contributed by atoms with Gasteiger partial charge in [-0.2, -0.15) is 0 Å². The average molecular weight is 236 g/mol. The van der Waals surface area contributed by atoms with Crippen LogP contribution in [0.3, 0.4) is 0 Å². The molecule has 1 aliphatic heterocycles. The quantitative estimate of drug-likeness (QED) is 0.872. The molecule has 2 unspecified atom stereocenters. The highest BCUT2D eigenvalue weighted by Crippen LogP contribution is 2.21. The van der Waals surface area contributed by atoms with Crippen LogP contribution in [0.1, 0.15) is 24.5 Å². The Hall–Kier alpha value is -0.930. The fraction of sp³-hybridized carbons (Fsp3) is 0.571. The van der Waals surface area contributed by atoms with E-state index in [1.165, 1.54) is 12.0 Å². The summed E-state index contributed by atoms with van der Waals surface area (Å²) in [5.74, 6) is 0.486. The Kier molecular flexibility index (Phi) is 3.79. The predicted octanol–water partition coefficient (Wildman–Crippen LogP) is 2.30. The van der Waals surface area contributed by atoms with E-state index in [-0.39, 0.29) is 11.9 Å². The van der Waals surface area contributed by atoms with Crippen molar-refractivity contribution in [2.45, 2.75) is 32.9 Å². The van der Waals surface area contributed by atoms with Gasteiger partial charge in [-0.1, -0.05) is 12.1 Å². The Morgan fingerprint density at radius 3 is 2.88 bits per heavy atom. The molecule has 2 rings (SSSR count). The zero-order chi connectivity index (χ0) is 12.4. The summed E-state index contributed by atoms with van der Waals surface area (Å²) in [6.45, 7) is 6.96. The zero-order valence-electron chi connectivity index (χ0n) is 10.6. The zero-order valence-corrected chi connectivity index (χ0v) is 10.6. The summed E-state index contributed by atoms with van der Waals surface area (Å²) in [5.41, 5.74) is 7.84. The minimum Gasteiger partial charge on any atom is -0.328 e. The third-order valence-corrected chi connectivity index (χ3v) is 3.68. The van der Waals surface area contributed by atoms with Gasteiger partial charge in [-0.15, -0.1) is 0 Å². The minimum atomic E-state index is -0.122. The second kappa shape index (κ2) is 5.15. The monoisotopic (exact) mass is 236 g/mol. The van der Waals surface area contributed by atoms with Gasteiger partial charge in [0.1, 0.15) is 5.82 Å². The molecule has 0 amide bonds. The van der Waals surface area contributed by atoms with Gasteiger partial charge in [0.15, 0.2) is 0 Å². The lowest BCUT2D eigenvalue weighted by atomic mass is 10.0. The van der Waals surface area contributed by atoms with Crippen LogP contribution in [0.4, 0.5) is 4.39 Å². The van der Waals surface area contributed by atoms with Crippen LogP contribution >= 0.6 is 0 Å². The number of nitrogens with zero attached hydrogens (tertiary/aromatic N) is 1. The van der Waals surface area contributed by atoms with E-state index in [2.05, 4.69) is 11.8 Å². The topological polar surface area (TPSA) is 29.3 Å². The first-order valence-electron chi connectivity index (χ1n) is 6.29. The Bertz CT molecular complexity index is 390. The van der Waals surface area contributed by atoms with E-state index in [4.69, 9.17) is 5.73 Å². The van der Waals surface area contributed by atoms with Crippen LogP contribution in [0.5, 0.6) is 0 Å².